The van der Waals surface area contributed by atoms with Gasteiger partial charge in [-0.25, -0.2) is 0 Å². The van der Waals surface area contributed by atoms with Gasteiger partial charge in [-0.15, -0.1) is 0 Å². The number of carbonyl (C=O) groups is 2. The molecule has 0 bridgehead atoms. The van der Waals surface area contributed by atoms with Crippen LogP contribution in [0.15, 0.2) is 0 Å². The van der Waals surface area contributed by atoms with Crippen LogP contribution in [0.1, 0.15) is 54.4 Å². The molecule has 1 atom stereocenters. The molecule has 0 amide bonds. The Hall–Kier alpha value is -1.06. The van der Waals surface area contributed by atoms with Gasteiger partial charge in [-0.3, -0.25) is 9.59 Å². The van der Waals surface area contributed by atoms with Crippen molar-refractivity contribution in [2.75, 3.05) is 6.61 Å². The summed E-state index contributed by atoms with van der Waals surface area (Å²) in [7, 11) is 0. The summed E-state index contributed by atoms with van der Waals surface area (Å²) in [5, 5.41) is 0. The molecule has 0 rings (SSSR count). The number of carbonyl (C=O) groups excluding carboxylic acids is 2. The molecule has 0 N–H and O–H groups in total. The molecule has 0 aliphatic heterocycles. The maximum Gasteiger partial charge on any atom is 0.312 e. The Balaban J connectivity index is 4.58. The zero-order valence-corrected chi connectivity index (χ0v) is 12.4. The molecule has 0 saturated heterocycles. The zero-order valence-electron chi connectivity index (χ0n) is 12.4. The first-order valence-corrected chi connectivity index (χ1v) is 6.48. The van der Waals surface area contributed by atoms with E-state index in [9.17, 15) is 9.59 Å². The van der Waals surface area contributed by atoms with Crippen molar-refractivity contribution in [2.45, 2.75) is 60.0 Å². The van der Waals surface area contributed by atoms with E-state index in [4.69, 9.17) is 9.47 Å². The average Bonchev–Trinajstić information content (AvgIpc) is 2.27. The lowest BCUT2D eigenvalue weighted by atomic mass is 9.88. The van der Waals surface area contributed by atoms with E-state index in [0.29, 0.717) is 19.5 Å². The molecule has 4 nitrogen and oxygen atoms in total. The van der Waals surface area contributed by atoms with E-state index >= 15 is 0 Å². The first kappa shape index (κ1) is 16.9. The van der Waals surface area contributed by atoms with Crippen LogP contribution in [0, 0.1) is 11.3 Å². The fourth-order valence-corrected chi connectivity index (χ4v) is 1.62. The van der Waals surface area contributed by atoms with Gasteiger partial charge >= 0.3 is 5.97 Å². The summed E-state index contributed by atoms with van der Waals surface area (Å²) in [6.45, 7) is 12.3. The number of hydrogen-bond donors (Lipinski definition) is 0. The molecule has 0 aliphatic carbocycles. The predicted octanol–water partition coefficient (Wildman–Crippen LogP) is 2.94. The smallest absolute Gasteiger partial charge is 0.312 e. The Morgan fingerprint density at radius 3 is 2.17 bits per heavy atom. The van der Waals surface area contributed by atoms with E-state index < -0.39 is 11.5 Å². The van der Waals surface area contributed by atoms with Crippen LogP contribution in [0.2, 0.25) is 0 Å². The van der Waals surface area contributed by atoms with Crippen LogP contribution in [-0.2, 0) is 19.1 Å². The molecule has 0 radical (unpaired) electrons. The largest absolute Gasteiger partial charge is 0.465 e. The van der Waals surface area contributed by atoms with Crippen molar-refractivity contribution >= 4 is 12.4 Å². The van der Waals surface area contributed by atoms with Crippen LogP contribution in [0.3, 0.4) is 0 Å². The summed E-state index contributed by atoms with van der Waals surface area (Å²) in [6.07, 6.45) is 1.51. The van der Waals surface area contributed by atoms with Gasteiger partial charge in [0, 0.05) is 0 Å². The van der Waals surface area contributed by atoms with Crippen molar-refractivity contribution in [3.8, 4) is 0 Å². The van der Waals surface area contributed by atoms with Gasteiger partial charge in [0.1, 0.15) is 5.60 Å². The minimum atomic E-state index is -0.829. The Kier molecular flexibility index (Phi) is 6.36. The maximum absolute atomic E-state index is 12.0. The van der Waals surface area contributed by atoms with Crippen LogP contribution in [0.4, 0.5) is 0 Å². The highest BCUT2D eigenvalue weighted by molar-refractivity contribution is 5.74. The van der Waals surface area contributed by atoms with Crippen molar-refractivity contribution in [1.29, 1.82) is 0 Å². The lowest BCUT2D eigenvalue weighted by molar-refractivity contribution is -0.166. The van der Waals surface area contributed by atoms with E-state index in [-0.39, 0.29) is 11.4 Å². The summed E-state index contributed by atoms with van der Waals surface area (Å²) in [4.78, 5) is 22.5. The molecule has 0 aromatic heterocycles. The van der Waals surface area contributed by atoms with Crippen molar-refractivity contribution in [1.82, 2.24) is 0 Å². The molecule has 0 saturated carbocycles. The third-order valence-electron chi connectivity index (χ3n) is 3.45. The number of hydrogen-bond acceptors (Lipinski definition) is 4. The predicted molar refractivity (Wildman–Crippen MR) is 70.0 cm³/mol. The molecule has 0 fully saturated rings. The van der Waals surface area contributed by atoms with Gasteiger partial charge in [0.2, 0.25) is 0 Å². The fraction of sp³-hybridized carbons (Fsp3) is 0.857. The molecule has 0 spiro atoms. The normalized spacial score (nSPS) is 13.9. The van der Waals surface area contributed by atoms with Crippen LogP contribution in [-0.4, -0.2) is 24.6 Å². The molecule has 0 aromatic rings. The summed E-state index contributed by atoms with van der Waals surface area (Å²) >= 11 is 0. The summed E-state index contributed by atoms with van der Waals surface area (Å²) in [5.41, 5.74) is -0.854. The second-order valence-corrected chi connectivity index (χ2v) is 5.90. The van der Waals surface area contributed by atoms with E-state index in [1.165, 1.54) is 0 Å². The first-order valence-electron chi connectivity index (χ1n) is 6.48. The number of ether oxygens (including phenoxy) is 2. The molecular formula is C14H26O4. The maximum atomic E-state index is 12.0. The van der Waals surface area contributed by atoms with Gasteiger partial charge in [-0.1, -0.05) is 27.7 Å². The summed E-state index contributed by atoms with van der Waals surface area (Å²) in [6, 6.07) is 0. The number of rotatable bonds is 8. The minimum Gasteiger partial charge on any atom is -0.465 e. The topological polar surface area (TPSA) is 52.6 Å². The Morgan fingerprint density at radius 1 is 1.22 bits per heavy atom. The van der Waals surface area contributed by atoms with E-state index in [1.807, 2.05) is 20.8 Å². The van der Waals surface area contributed by atoms with Crippen molar-refractivity contribution in [3.63, 3.8) is 0 Å². The summed E-state index contributed by atoms with van der Waals surface area (Å²) in [5.74, 6) is -0.735. The van der Waals surface area contributed by atoms with E-state index in [0.717, 1.165) is 6.42 Å². The first-order chi connectivity index (χ1) is 8.20. The molecule has 0 aliphatic rings. The van der Waals surface area contributed by atoms with Gasteiger partial charge in [0.15, 0.2) is 0 Å². The third kappa shape index (κ3) is 5.07. The van der Waals surface area contributed by atoms with Crippen molar-refractivity contribution in [3.05, 3.63) is 0 Å². The van der Waals surface area contributed by atoms with Gasteiger partial charge in [0.25, 0.3) is 6.47 Å². The van der Waals surface area contributed by atoms with Gasteiger partial charge in [-0.05, 0) is 32.1 Å². The van der Waals surface area contributed by atoms with Gasteiger partial charge < -0.3 is 9.47 Å². The quantitative estimate of drug-likeness (QED) is 0.496. The van der Waals surface area contributed by atoms with E-state index in [2.05, 4.69) is 6.92 Å². The molecule has 1 unspecified atom stereocenters. The van der Waals surface area contributed by atoms with Crippen molar-refractivity contribution in [2.24, 2.45) is 11.3 Å². The second kappa shape index (κ2) is 6.76. The lowest BCUT2D eigenvalue weighted by Gasteiger charge is -2.31. The highest BCUT2D eigenvalue weighted by Crippen LogP contribution is 2.27. The molecule has 106 valence electrons. The fourth-order valence-electron chi connectivity index (χ4n) is 1.62. The van der Waals surface area contributed by atoms with Crippen molar-refractivity contribution < 1.29 is 19.1 Å². The van der Waals surface area contributed by atoms with Crippen LogP contribution in [0.25, 0.3) is 0 Å². The third-order valence-corrected chi connectivity index (χ3v) is 3.45. The Labute approximate surface area is 110 Å². The SMILES string of the molecule is CCC(C(=O)OCC(C)(C)CC)C(C)(C)OC=O. The Morgan fingerprint density at radius 2 is 1.78 bits per heavy atom. The van der Waals surface area contributed by atoms with Gasteiger partial charge in [-0.2, -0.15) is 0 Å². The highest BCUT2D eigenvalue weighted by atomic mass is 16.6. The molecule has 0 aromatic carbocycles. The summed E-state index contributed by atoms with van der Waals surface area (Å²) < 4.78 is 10.3. The van der Waals surface area contributed by atoms with Gasteiger partial charge in [0.05, 0.1) is 12.5 Å². The van der Waals surface area contributed by atoms with Crippen LogP contribution < -0.4 is 0 Å². The lowest BCUT2D eigenvalue weighted by Crippen LogP contribution is -2.40. The molecule has 0 heterocycles. The highest BCUT2D eigenvalue weighted by Gasteiger charge is 2.37. The van der Waals surface area contributed by atoms with Crippen LogP contribution >= 0.6 is 0 Å². The zero-order chi connectivity index (χ0) is 14.4. The monoisotopic (exact) mass is 258 g/mol. The number of esters is 1. The van der Waals surface area contributed by atoms with Crippen LogP contribution in [0.5, 0.6) is 0 Å². The minimum absolute atomic E-state index is 0.0242. The molecule has 4 heteroatoms. The molecule has 18 heavy (non-hydrogen) atoms. The van der Waals surface area contributed by atoms with E-state index in [1.54, 1.807) is 13.8 Å². The average molecular weight is 258 g/mol. The second-order valence-electron chi connectivity index (χ2n) is 5.90. The standard InChI is InChI=1S/C14H26O4/c1-7-11(14(5,6)18-10-15)12(16)17-9-13(3,4)8-2/h10-11H,7-9H2,1-6H3. The molecular weight excluding hydrogens is 232 g/mol. The Bertz CT molecular complexity index is 282.